The minimum absolute atomic E-state index is 0.0240. The first-order valence-electron chi connectivity index (χ1n) is 9.53. The standard InChI is InChI=1S/C24H27NO3/c1-5-27-21-14-8-19(9-15-21)25(26)20-10-16-23(17-11-20)28-22-12-6-18(7-13-22)24(2,3)4/h6-17,25H,5H2,1-4H3. The van der Waals surface area contributed by atoms with E-state index in [1.807, 2.05) is 43.3 Å². The van der Waals surface area contributed by atoms with E-state index in [0.29, 0.717) is 23.7 Å². The highest BCUT2D eigenvalue weighted by molar-refractivity contribution is 5.44. The monoisotopic (exact) mass is 377 g/mol. The number of ether oxygens (including phenoxy) is 2. The van der Waals surface area contributed by atoms with Gasteiger partial charge in [0.25, 0.3) is 0 Å². The summed E-state index contributed by atoms with van der Waals surface area (Å²) in [6, 6.07) is 22.5. The third kappa shape index (κ3) is 4.91. The van der Waals surface area contributed by atoms with Crippen molar-refractivity contribution in [2.45, 2.75) is 33.1 Å². The quantitative estimate of drug-likeness (QED) is 0.575. The fourth-order valence-corrected chi connectivity index (χ4v) is 2.87. The van der Waals surface area contributed by atoms with Gasteiger partial charge in [0.15, 0.2) is 0 Å². The highest BCUT2D eigenvalue weighted by Gasteiger charge is 2.13. The van der Waals surface area contributed by atoms with Crippen molar-refractivity contribution in [3.05, 3.63) is 83.6 Å². The number of hydrogen-bond donors (Lipinski definition) is 1. The highest BCUT2D eigenvalue weighted by atomic mass is 16.5. The van der Waals surface area contributed by atoms with Gasteiger partial charge in [-0.1, -0.05) is 32.9 Å². The lowest BCUT2D eigenvalue weighted by molar-refractivity contribution is -0.698. The summed E-state index contributed by atoms with van der Waals surface area (Å²) in [4.78, 5) is 0. The lowest BCUT2D eigenvalue weighted by atomic mass is 9.87. The Morgan fingerprint density at radius 1 is 0.714 bits per heavy atom. The minimum Gasteiger partial charge on any atom is -0.623 e. The zero-order valence-corrected chi connectivity index (χ0v) is 16.9. The summed E-state index contributed by atoms with van der Waals surface area (Å²) in [7, 11) is 0. The summed E-state index contributed by atoms with van der Waals surface area (Å²) in [5.74, 6) is 2.24. The van der Waals surface area contributed by atoms with Crippen LogP contribution < -0.4 is 14.5 Å². The van der Waals surface area contributed by atoms with Crippen LogP contribution in [0.1, 0.15) is 33.3 Å². The molecule has 3 rings (SSSR count). The molecule has 0 radical (unpaired) electrons. The molecule has 0 aromatic heterocycles. The molecule has 4 heteroatoms. The van der Waals surface area contributed by atoms with Crippen LogP contribution >= 0.6 is 0 Å². The normalized spacial score (nSPS) is 12.5. The first-order chi connectivity index (χ1) is 13.4. The molecule has 0 heterocycles. The Morgan fingerprint density at radius 2 is 1.14 bits per heavy atom. The van der Waals surface area contributed by atoms with Crippen molar-refractivity contribution in [3.63, 3.8) is 0 Å². The van der Waals surface area contributed by atoms with Crippen LogP contribution in [0.5, 0.6) is 17.2 Å². The first kappa shape index (κ1) is 19.9. The molecule has 0 aliphatic carbocycles. The molecule has 0 saturated heterocycles. The molecule has 3 aromatic rings. The summed E-state index contributed by atoms with van der Waals surface area (Å²) >= 11 is 0. The minimum atomic E-state index is -0.0240. The van der Waals surface area contributed by atoms with Gasteiger partial charge in [-0.15, -0.1) is 0 Å². The molecule has 0 bridgehead atoms. The van der Waals surface area contributed by atoms with Crippen LogP contribution in [-0.2, 0) is 5.41 Å². The lowest BCUT2D eigenvalue weighted by Gasteiger charge is -2.21. The van der Waals surface area contributed by atoms with E-state index in [-0.39, 0.29) is 10.5 Å². The molecule has 0 saturated carbocycles. The third-order valence-corrected chi connectivity index (χ3v) is 4.50. The molecule has 1 N–H and O–H groups in total. The Balaban J connectivity index is 1.67. The summed E-state index contributed by atoms with van der Waals surface area (Å²) in [5, 5.41) is 12.6. The van der Waals surface area contributed by atoms with Crippen LogP contribution in [-0.4, -0.2) is 6.61 Å². The smallest absolute Gasteiger partial charge is 0.136 e. The van der Waals surface area contributed by atoms with E-state index in [1.54, 1.807) is 24.3 Å². The predicted octanol–water partition coefficient (Wildman–Crippen LogP) is 5.52. The molecule has 0 amide bonds. The van der Waals surface area contributed by atoms with Crippen LogP contribution in [0.15, 0.2) is 72.8 Å². The Morgan fingerprint density at radius 3 is 1.57 bits per heavy atom. The molecule has 1 atom stereocenters. The number of nitrogens with one attached hydrogen (secondary N) is 1. The third-order valence-electron chi connectivity index (χ3n) is 4.50. The zero-order chi connectivity index (χ0) is 20.1. The Bertz CT molecular complexity index is 879. The van der Waals surface area contributed by atoms with E-state index in [1.165, 1.54) is 5.56 Å². The van der Waals surface area contributed by atoms with E-state index < -0.39 is 0 Å². The van der Waals surface area contributed by atoms with Crippen LogP contribution in [0.4, 0.5) is 11.4 Å². The Hall–Kier alpha value is -2.82. The van der Waals surface area contributed by atoms with Crippen molar-refractivity contribution in [2.75, 3.05) is 6.61 Å². The number of quaternary nitrogens is 1. The zero-order valence-electron chi connectivity index (χ0n) is 16.9. The van der Waals surface area contributed by atoms with Crippen molar-refractivity contribution in [1.29, 1.82) is 0 Å². The van der Waals surface area contributed by atoms with Gasteiger partial charge in [0.1, 0.15) is 28.6 Å². The second-order valence-electron chi connectivity index (χ2n) is 7.69. The molecule has 1 unspecified atom stereocenters. The molecular formula is C24H27NO3. The molecular weight excluding hydrogens is 350 g/mol. The van der Waals surface area contributed by atoms with Crippen LogP contribution in [0.2, 0.25) is 0 Å². The molecule has 0 fully saturated rings. The highest BCUT2D eigenvalue weighted by Crippen LogP contribution is 2.27. The number of hydrogen-bond acceptors (Lipinski definition) is 3. The second kappa shape index (κ2) is 8.46. The fraction of sp³-hybridized carbons (Fsp3) is 0.250. The molecule has 146 valence electrons. The van der Waals surface area contributed by atoms with Crippen LogP contribution in [0.25, 0.3) is 0 Å². The maximum absolute atomic E-state index is 12.6. The average molecular weight is 377 g/mol. The molecule has 3 aromatic carbocycles. The van der Waals surface area contributed by atoms with Crippen molar-refractivity contribution >= 4 is 11.4 Å². The van der Waals surface area contributed by atoms with Crippen molar-refractivity contribution in [3.8, 4) is 17.2 Å². The van der Waals surface area contributed by atoms with Gasteiger partial charge in [0.2, 0.25) is 0 Å². The van der Waals surface area contributed by atoms with Gasteiger partial charge in [-0.2, -0.15) is 0 Å². The first-order valence-corrected chi connectivity index (χ1v) is 9.53. The Kier molecular flexibility index (Phi) is 6.02. The summed E-state index contributed by atoms with van der Waals surface area (Å²) in [5.41, 5.74) is 2.63. The molecule has 4 nitrogen and oxygen atoms in total. The van der Waals surface area contributed by atoms with Gasteiger partial charge < -0.3 is 19.7 Å². The molecule has 28 heavy (non-hydrogen) atoms. The summed E-state index contributed by atoms with van der Waals surface area (Å²) in [6.45, 7) is 9.09. The lowest BCUT2D eigenvalue weighted by Crippen LogP contribution is -2.96. The maximum Gasteiger partial charge on any atom is 0.136 e. The topological polar surface area (TPSA) is 46.0 Å². The second-order valence-corrected chi connectivity index (χ2v) is 7.69. The van der Waals surface area contributed by atoms with E-state index in [0.717, 1.165) is 11.5 Å². The van der Waals surface area contributed by atoms with E-state index in [9.17, 15) is 5.21 Å². The largest absolute Gasteiger partial charge is 0.623 e. The van der Waals surface area contributed by atoms with Gasteiger partial charge in [0.05, 0.1) is 6.61 Å². The van der Waals surface area contributed by atoms with Gasteiger partial charge in [-0.05, 0) is 54.3 Å². The SMILES string of the molecule is CCOc1ccc([NH+]([O-])c2ccc(Oc3ccc(C(C)(C)C)cc3)cc2)cc1. The van der Waals surface area contributed by atoms with E-state index in [2.05, 4.69) is 32.9 Å². The van der Waals surface area contributed by atoms with Crippen molar-refractivity contribution in [1.82, 2.24) is 0 Å². The van der Waals surface area contributed by atoms with Crippen LogP contribution in [0.3, 0.4) is 0 Å². The number of rotatable bonds is 6. The van der Waals surface area contributed by atoms with Gasteiger partial charge in [-0.25, -0.2) is 0 Å². The molecule has 0 aliphatic heterocycles. The fourth-order valence-electron chi connectivity index (χ4n) is 2.87. The Labute approximate surface area is 166 Å². The number of benzene rings is 3. The average Bonchev–Trinajstić information content (AvgIpc) is 2.69. The maximum atomic E-state index is 12.6. The summed E-state index contributed by atoms with van der Waals surface area (Å²) < 4.78 is 11.3. The van der Waals surface area contributed by atoms with Gasteiger partial charge in [0, 0.05) is 24.3 Å². The molecule has 0 aliphatic rings. The van der Waals surface area contributed by atoms with Crippen molar-refractivity contribution in [2.24, 2.45) is 0 Å². The van der Waals surface area contributed by atoms with Gasteiger partial charge >= 0.3 is 0 Å². The van der Waals surface area contributed by atoms with E-state index in [4.69, 9.17) is 9.47 Å². The summed E-state index contributed by atoms with van der Waals surface area (Å²) in [6.07, 6.45) is 0. The van der Waals surface area contributed by atoms with Crippen molar-refractivity contribution < 1.29 is 14.5 Å². The van der Waals surface area contributed by atoms with Gasteiger partial charge in [-0.3, -0.25) is 0 Å². The van der Waals surface area contributed by atoms with Crippen LogP contribution in [0, 0.1) is 5.21 Å². The molecule has 0 spiro atoms. The predicted molar refractivity (Wildman–Crippen MR) is 113 cm³/mol. The van der Waals surface area contributed by atoms with E-state index >= 15 is 0 Å².